The number of carbonyl (C=O) groups excluding carboxylic acids is 2. The lowest BCUT2D eigenvalue weighted by molar-refractivity contribution is 0.104. The molecule has 6 heteroatoms. The molecule has 0 aliphatic rings. The summed E-state index contributed by atoms with van der Waals surface area (Å²) in [4.78, 5) is 25.3. The van der Waals surface area contributed by atoms with Crippen LogP contribution >= 0.6 is 0 Å². The summed E-state index contributed by atoms with van der Waals surface area (Å²) in [5.74, 6) is 0.931. The minimum absolute atomic E-state index is 0.212. The molecule has 6 nitrogen and oxygen atoms in total. The van der Waals surface area contributed by atoms with Gasteiger partial charge in [-0.1, -0.05) is 84.9 Å². The van der Waals surface area contributed by atoms with Crippen molar-refractivity contribution in [3.8, 4) is 22.6 Å². The summed E-state index contributed by atoms with van der Waals surface area (Å²) < 4.78 is 22.2. The highest BCUT2D eigenvalue weighted by Gasteiger charge is 2.25. The third kappa shape index (κ3) is 4.45. The summed E-state index contributed by atoms with van der Waals surface area (Å²) in [5, 5.41) is 6.94. The van der Waals surface area contributed by atoms with E-state index in [1.807, 2.05) is 86.6 Å². The third-order valence-electron chi connectivity index (χ3n) is 7.57. The highest BCUT2D eigenvalue weighted by atomic mass is 16.7. The van der Waals surface area contributed by atoms with Gasteiger partial charge in [-0.15, -0.1) is 0 Å². The summed E-state index contributed by atoms with van der Waals surface area (Å²) in [7, 11) is 0. The second kappa shape index (κ2) is 11.1. The Bertz CT molecular complexity index is 1880. The van der Waals surface area contributed by atoms with Gasteiger partial charge in [-0.2, -0.15) is 0 Å². The van der Waals surface area contributed by atoms with Crippen LogP contribution in [-0.4, -0.2) is 25.5 Å². The molecule has 0 atom stereocenters. The van der Waals surface area contributed by atoms with Crippen molar-refractivity contribution in [2.24, 2.45) is 0 Å². The summed E-state index contributed by atoms with van der Waals surface area (Å²) >= 11 is 0. The number of aryl methyl sites for hydroxylation is 2. The highest BCUT2D eigenvalue weighted by Crippen LogP contribution is 2.50. The first-order valence-electron chi connectivity index (χ1n) is 14.0. The summed E-state index contributed by atoms with van der Waals surface area (Å²) in [5.41, 5.74) is 3.92. The standard InChI is InChI=1S/C36H30O6/c1-5-39-35(37)41-33-25-17-9-7-15-23(25)31(27-19-11-13-21(3)29(27)33)32-24-16-8-10-18-26(24)34(42-36(38)40-6-2)30-22(4)14-12-20-28(30)32/h7-20H,5-6H2,1-4H3. The molecule has 6 aromatic carbocycles. The maximum atomic E-state index is 12.6. The lowest BCUT2D eigenvalue weighted by Crippen LogP contribution is -2.11. The third-order valence-corrected chi connectivity index (χ3v) is 7.57. The molecule has 0 aliphatic heterocycles. The van der Waals surface area contributed by atoms with E-state index in [2.05, 4.69) is 12.1 Å². The Kier molecular flexibility index (Phi) is 7.13. The fourth-order valence-electron chi connectivity index (χ4n) is 5.92. The van der Waals surface area contributed by atoms with Crippen molar-refractivity contribution >= 4 is 55.4 Å². The average molecular weight is 559 g/mol. The summed E-state index contributed by atoms with van der Waals surface area (Å²) in [6, 6.07) is 28.0. The van der Waals surface area contributed by atoms with E-state index in [1.165, 1.54) is 0 Å². The van der Waals surface area contributed by atoms with Gasteiger partial charge in [-0.3, -0.25) is 0 Å². The highest BCUT2D eigenvalue weighted by molar-refractivity contribution is 6.27. The van der Waals surface area contributed by atoms with Crippen LogP contribution in [0.1, 0.15) is 25.0 Å². The van der Waals surface area contributed by atoms with E-state index in [1.54, 1.807) is 13.8 Å². The summed E-state index contributed by atoms with van der Waals surface area (Å²) in [6.07, 6.45) is -1.49. The molecule has 6 aromatic rings. The lowest BCUT2D eigenvalue weighted by atomic mass is 9.84. The van der Waals surface area contributed by atoms with Crippen LogP contribution in [0.3, 0.4) is 0 Å². The van der Waals surface area contributed by atoms with Gasteiger partial charge >= 0.3 is 12.3 Å². The van der Waals surface area contributed by atoms with Crippen LogP contribution in [0.2, 0.25) is 0 Å². The second-order valence-corrected chi connectivity index (χ2v) is 10.1. The van der Waals surface area contributed by atoms with Gasteiger partial charge in [0.05, 0.1) is 13.2 Å². The minimum atomic E-state index is -0.744. The van der Waals surface area contributed by atoms with Crippen molar-refractivity contribution in [2.75, 3.05) is 13.2 Å². The maximum Gasteiger partial charge on any atom is 0.513 e. The van der Waals surface area contributed by atoms with E-state index < -0.39 is 12.3 Å². The number of hydrogen-bond acceptors (Lipinski definition) is 6. The Morgan fingerprint density at radius 3 is 1.24 bits per heavy atom. The van der Waals surface area contributed by atoms with E-state index in [0.717, 1.165) is 65.3 Å². The first-order valence-corrected chi connectivity index (χ1v) is 14.0. The predicted octanol–water partition coefficient (Wildman–Crippen LogP) is 9.65. The van der Waals surface area contributed by atoms with Crippen molar-refractivity contribution < 1.29 is 28.5 Å². The summed E-state index contributed by atoms with van der Waals surface area (Å²) in [6.45, 7) is 7.94. The Hall–Kier alpha value is -5.10. The molecular weight excluding hydrogens is 528 g/mol. The molecule has 0 aromatic heterocycles. The Morgan fingerprint density at radius 1 is 0.500 bits per heavy atom. The first kappa shape index (κ1) is 27.1. The molecule has 0 fully saturated rings. The van der Waals surface area contributed by atoms with E-state index in [9.17, 15) is 9.59 Å². The number of rotatable bonds is 5. The fourth-order valence-corrected chi connectivity index (χ4v) is 5.92. The van der Waals surface area contributed by atoms with Crippen LogP contribution in [-0.2, 0) is 9.47 Å². The van der Waals surface area contributed by atoms with Gasteiger partial charge in [-0.25, -0.2) is 9.59 Å². The fraction of sp³-hybridized carbons (Fsp3) is 0.167. The minimum Gasteiger partial charge on any atom is -0.434 e. The van der Waals surface area contributed by atoms with Crippen molar-refractivity contribution in [1.82, 2.24) is 0 Å². The van der Waals surface area contributed by atoms with Crippen LogP contribution in [0.25, 0.3) is 54.2 Å². The SMILES string of the molecule is CCOC(=O)Oc1c2ccccc2c(-c2c3ccccc3c(OC(=O)OCC)c3c(C)cccc23)c2cccc(C)c12. The van der Waals surface area contributed by atoms with Crippen LogP contribution in [0.4, 0.5) is 9.59 Å². The largest absolute Gasteiger partial charge is 0.513 e. The monoisotopic (exact) mass is 558 g/mol. The Labute approximate surface area is 243 Å². The van der Waals surface area contributed by atoms with Crippen molar-refractivity contribution in [1.29, 1.82) is 0 Å². The van der Waals surface area contributed by atoms with Gasteiger partial charge in [0, 0.05) is 21.5 Å². The molecule has 210 valence electrons. The van der Waals surface area contributed by atoms with E-state index in [-0.39, 0.29) is 13.2 Å². The molecule has 0 saturated carbocycles. The molecule has 0 amide bonds. The van der Waals surface area contributed by atoms with E-state index in [4.69, 9.17) is 18.9 Å². The smallest absolute Gasteiger partial charge is 0.434 e. The molecule has 0 spiro atoms. The van der Waals surface area contributed by atoms with Crippen LogP contribution in [0.5, 0.6) is 11.5 Å². The maximum absolute atomic E-state index is 12.6. The molecule has 0 N–H and O–H groups in total. The molecule has 0 radical (unpaired) electrons. The number of fused-ring (bicyclic) bond motifs is 4. The number of hydrogen-bond donors (Lipinski definition) is 0. The van der Waals surface area contributed by atoms with Gasteiger partial charge < -0.3 is 18.9 Å². The Morgan fingerprint density at radius 2 is 0.857 bits per heavy atom. The zero-order valence-corrected chi connectivity index (χ0v) is 23.9. The zero-order chi connectivity index (χ0) is 29.4. The number of benzene rings is 6. The van der Waals surface area contributed by atoms with Gasteiger partial charge in [-0.05, 0) is 71.5 Å². The topological polar surface area (TPSA) is 71.1 Å². The second-order valence-electron chi connectivity index (χ2n) is 10.1. The number of ether oxygens (including phenoxy) is 4. The van der Waals surface area contributed by atoms with Gasteiger partial charge in [0.15, 0.2) is 11.5 Å². The normalized spacial score (nSPS) is 11.2. The van der Waals surface area contributed by atoms with Gasteiger partial charge in [0.1, 0.15) is 0 Å². The Balaban J connectivity index is 1.81. The molecule has 0 unspecified atom stereocenters. The molecule has 6 rings (SSSR count). The molecule has 42 heavy (non-hydrogen) atoms. The van der Waals surface area contributed by atoms with E-state index in [0.29, 0.717) is 11.5 Å². The predicted molar refractivity (Wildman–Crippen MR) is 167 cm³/mol. The van der Waals surface area contributed by atoms with Crippen LogP contribution in [0, 0.1) is 13.8 Å². The van der Waals surface area contributed by atoms with Crippen LogP contribution < -0.4 is 9.47 Å². The first-order chi connectivity index (χ1) is 20.4. The average Bonchev–Trinajstić information content (AvgIpc) is 2.98. The van der Waals surface area contributed by atoms with Crippen molar-refractivity contribution in [3.05, 3.63) is 96.1 Å². The van der Waals surface area contributed by atoms with Crippen molar-refractivity contribution in [3.63, 3.8) is 0 Å². The van der Waals surface area contributed by atoms with Gasteiger partial charge in [0.25, 0.3) is 0 Å². The number of carbonyl (C=O) groups is 2. The quantitative estimate of drug-likeness (QED) is 0.119. The lowest BCUT2D eigenvalue weighted by Gasteiger charge is -2.22. The molecular formula is C36H30O6. The molecule has 0 aliphatic carbocycles. The zero-order valence-electron chi connectivity index (χ0n) is 23.9. The molecule has 0 saturated heterocycles. The van der Waals surface area contributed by atoms with Crippen molar-refractivity contribution in [2.45, 2.75) is 27.7 Å². The molecule has 0 heterocycles. The van der Waals surface area contributed by atoms with Gasteiger partial charge in [0.2, 0.25) is 0 Å². The van der Waals surface area contributed by atoms with Crippen LogP contribution in [0.15, 0.2) is 84.9 Å². The van der Waals surface area contributed by atoms with E-state index >= 15 is 0 Å². The molecule has 0 bridgehead atoms.